The first-order valence-electron chi connectivity index (χ1n) is 9.28. The lowest BCUT2D eigenvalue weighted by atomic mass is 9.89. The van der Waals surface area contributed by atoms with Crippen molar-refractivity contribution in [1.29, 1.82) is 0 Å². The van der Waals surface area contributed by atoms with E-state index in [-0.39, 0.29) is 17.9 Å². The van der Waals surface area contributed by atoms with Crippen LogP contribution in [0.25, 0.3) is 0 Å². The van der Waals surface area contributed by atoms with Crippen molar-refractivity contribution in [1.82, 2.24) is 14.9 Å². The summed E-state index contributed by atoms with van der Waals surface area (Å²) < 4.78 is 11.3. The number of likely N-dealkylation sites (tertiary alicyclic amines) is 1. The van der Waals surface area contributed by atoms with E-state index >= 15 is 0 Å². The molecule has 0 radical (unpaired) electrons. The van der Waals surface area contributed by atoms with Crippen molar-refractivity contribution >= 4 is 11.7 Å². The summed E-state index contributed by atoms with van der Waals surface area (Å²) in [5.41, 5.74) is 1.18. The Labute approximate surface area is 158 Å². The number of anilines is 1. The molecule has 0 aliphatic carbocycles. The standard InChI is InChI=1S/C20H24N4O3/c1-26-16-4-2-3-14(9-16)12-24-13-15(10-18-17(24)5-8-27-18)20(25)23-19-11-21-6-7-22-19/h2-4,6-7,9,11,15,17-18H,5,8,10,12-13H2,1H3,(H,22,23,25)/t15-,17+,18+/m0/s1. The molecule has 2 saturated heterocycles. The first-order chi connectivity index (χ1) is 13.2. The number of piperidine rings is 1. The first-order valence-corrected chi connectivity index (χ1v) is 9.28. The Balaban J connectivity index is 1.47. The summed E-state index contributed by atoms with van der Waals surface area (Å²) in [4.78, 5) is 23.3. The summed E-state index contributed by atoms with van der Waals surface area (Å²) in [5, 5.41) is 2.88. The first kappa shape index (κ1) is 17.9. The molecular weight excluding hydrogens is 344 g/mol. The fraction of sp³-hybridized carbons (Fsp3) is 0.450. The molecule has 7 heteroatoms. The zero-order valence-electron chi connectivity index (χ0n) is 15.4. The van der Waals surface area contributed by atoms with Gasteiger partial charge in [0.1, 0.15) is 5.75 Å². The van der Waals surface area contributed by atoms with E-state index in [1.807, 2.05) is 18.2 Å². The average Bonchev–Trinajstić information content (AvgIpc) is 3.18. The largest absolute Gasteiger partial charge is 0.497 e. The number of aromatic nitrogens is 2. The predicted octanol–water partition coefficient (Wildman–Crippen LogP) is 2.10. The minimum atomic E-state index is -0.142. The Kier molecular flexibility index (Phi) is 5.31. The van der Waals surface area contributed by atoms with Crippen molar-refractivity contribution in [2.75, 3.05) is 25.6 Å². The lowest BCUT2D eigenvalue weighted by Gasteiger charge is -2.40. The van der Waals surface area contributed by atoms with Crippen LogP contribution in [0.5, 0.6) is 5.75 Å². The lowest BCUT2D eigenvalue weighted by Crippen LogP contribution is -2.51. The molecule has 3 atom stereocenters. The van der Waals surface area contributed by atoms with E-state index in [0.717, 1.165) is 31.7 Å². The number of carbonyl (C=O) groups excluding carboxylic acids is 1. The third-order valence-electron chi connectivity index (χ3n) is 5.32. The number of hydrogen-bond acceptors (Lipinski definition) is 6. The highest BCUT2D eigenvalue weighted by molar-refractivity contribution is 5.91. The number of nitrogens with one attached hydrogen (secondary N) is 1. The van der Waals surface area contributed by atoms with Crippen LogP contribution in [0.3, 0.4) is 0 Å². The van der Waals surface area contributed by atoms with Gasteiger partial charge in [-0.25, -0.2) is 4.98 Å². The topological polar surface area (TPSA) is 76.6 Å². The maximum absolute atomic E-state index is 12.8. The van der Waals surface area contributed by atoms with Crippen molar-refractivity contribution < 1.29 is 14.3 Å². The van der Waals surface area contributed by atoms with E-state index in [4.69, 9.17) is 9.47 Å². The molecule has 0 spiro atoms. The molecule has 1 amide bonds. The summed E-state index contributed by atoms with van der Waals surface area (Å²) in [5.74, 6) is 1.16. The molecule has 2 fully saturated rings. The smallest absolute Gasteiger partial charge is 0.230 e. The average molecular weight is 368 g/mol. The van der Waals surface area contributed by atoms with Crippen LogP contribution in [-0.4, -0.2) is 53.2 Å². The molecule has 1 aromatic carbocycles. The number of amides is 1. The van der Waals surface area contributed by atoms with Crippen LogP contribution in [0.1, 0.15) is 18.4 Å². The van der Waals surface area contributed by atoms with Crippen LogP contribution in [0.2, 0.25) is 0 Å². The lowest BCUT2D eigenvalue weighted by molar-refractivity contribution is -0.124. The molecule has 142 valence electrons. The van der Waals surface area contributed by atoms with Gasteiger partial charge in [-0.05, 0) is 30.5 Å². The number of benzene rings is 1. The maximum Gasteiger partial charge on any atom is 0.230 e. The van der Waals surface area contributed by atoms with Crippen LogP contribution in [0, 0.1) is 5.92 Å². The van der Waals surface area contributed by atoms with Crippen LogP contribution >= 0.6 is 0 Å². The van der Waals surface area contributed by atoms with Crippen molar-refractivity contribution in [2.45, 2.75) is 31.5 Å². The van der Waals surface area contributed by atoms with Crippen molar-refractivity contribution in [3.05, 3.63) is 48.4 Å². The zero-order chi connectivity index (χ0) is 18.6. The van der Waals surface area contributed by atoms with Gasteiger partial charge in [-0.3, -0.25) is 14.7 Å². The summed E-state index contributed by atoms with van der Waals surface area (Å²) in [6.45, 7) is 2.23. The van der Waals surface area contributed by atoms with Crippen molar-refractivity contribution in [2.24, 2.45) is 5.92 Å². The molecular formula is C20H24N4O3. The highest BCUT2D eigenvalue weighted by Crippen LogP contribution is 2.33. The van der Waals surface area contributed by atoms with E-state index < -0.39 is 0 Å². The van der Waals surface area contributed by atoms with Crippen molar-refractivity contribution in [3.8, 4) is 5.75 Å². The quantitative estimate of drug-likeness (QED) is 0.871. The van der Waals surface area contributed by atoms with E-state index in [1.54, 1.807) is 25.7 Å². The Morgan fingerprint density at radius 3 is 3.15 bits per heavy atom. The van der Waals surface area contributed by atoms with Gasteiger partial charge in [0.2, 0.25) is 5.91 Å². The maximum atomic E-state index is 12.8. The number of methoxy groups -OCH3 is 1. The van der Waals surface area contributed by atoms with Gasteiger partial charge in [0.05, 0.1) is 25.3 Å². The summed E-state index contributed by atoms with van der Waals surface area (Å²) >= 11 is 0. The highest BCUT2D eigenvalue weighted by Gasteiger charge is 2.42. The number of rotatable bonds is 5. The second-order valence-electron chi connectivity index (χ2n) is 7.06. The van der Waals surface area contributed by atoms with Gasteiger partial charge in [0, 0.05) is 38.1 Å². The van der Waals surface area contributed by atoms with E-state index in [9.17, 15) is 4.79 Å². The monoisotopic (exact) mass is 368 g/mol. The van der Waals surface area contributed by atoms with Gasteiger partial charge >= 0.3 is 0 Å². The molecule has 1 aromatic heterocycles. The van der Waals surface area contributed by atoms with E-state index in [0.29, 0.717) is 18.4 Å². The number of nitrogens with zero attached hydrogens (tertiary/aromatic N) is 3. The van der Waals surface area contributed by atoms with Gasteiger partial charge < -0.3 is 14.8 Å². The predicted molar refractivity (Wildman–Crippen MR) is 100 cm³/mol. The molecule has 2 aliphatic rings. The zero-order valence-corrected chi connectivity index (χ0v) is 15.4. The summed E-state index contributed by atoms with van der Waals surface area (Å²) in [6.07, 6.45) is 6.56. The van der Waals surface area contributed by atoms with Gasteiger partial charge in [-0.15, -0.1) is 0 Å². The molecule has 0 bridgehead atoms. The van der Waals surface area contributed by atoms with Gasteiger partial charge in [0.25, 0.3) is 0 Å². The van der Waals surface area contributed by atoms with Gasteiger partial charge in [-0.1, -0.05) is 12.1 Å². The highest BCUT2D eigenvalue weighted by atomic mass is 16.5. The molecule has 0 saturated carbocycles. The third kappa shape index (κ3) is 4.09. The molecule has 2 aromatic rings. The van der Waals surface area contributed by atoms with Gasteiger partial charge in [-0.2, -0.15) is 0 Å². The number of ether oxygens (including phenoxy) is 2. The molecule has 4 rings (SSSR count). The molecule has 0 unspecified atom stereocenters. The van der Waals surface area contributed by atoms with Crippen molar-refractivity contribution in [3.63, 3.8) is 0 Å². The SMILES string of the molecule is COc1cccc(CN2C[C@@H](C(=O)Nc3cnccn3)C[C@H]3OCC[C@H]32)c1. The Morgan fingerprint density at radius 1 is 1.41 bits per heavy atom. The molecule has 3 heterocycles. The fourth-order valence-corrected chi connectivity index (χ4v) is 4.02. The van der Waals surface area contributed by atoms with Crippen LogP contribution in [-0.2, 0) is 16.1 Å². The minimum Gasteiger partial charge on any atom is -0.497 e. The summed E-state index contributed by atoms with van der Waals surface area (Å²) in [7, 11) is 1.67. The van der Waals surface area contributed by atoms with Crippen LogP contribution < -0.4 is 10.1 Å². The molecule has 2 aliphatic heterocycles. The Bertz CT molecular complexity index is 786. The normalized spacial score (nSPS) is 25.0. The van der Waals surface area contributed by atoms with Crippen LogP contribution in [0.15, 0.2) is 42.9 Å². The Morgan fingerprint density at radius 2 is 2.33 bits per heavy atom. The molecule has 1 N–H and O–H groups in total. The van der Waals surface area contributed by atoms with E-state index in [1.165, 1.54) is 5.56 Å². The van der Waals surface area contributed by atoms with E-state index in [2.05, 4.69) is 26.3 Å². The minimum absolute atomic E-state index is 0.0277. The summed E-state index contributed by atoms with van der Waals surface area (Å²) in [6, 6.07) is 8.44. The number of hydrogen-bond donors (Lipinski definition) is 1. The molecule has 27 heavy (non-hydrogen) atoms. The van der Waals surface area contributed by atoms with Gasteiger partial charge in [0.15, 0.2) is 5.82 Å². The molecule has 7 nitrogen and oxygen atoms in total. The second-order valence-corrected chi connectivity index (χ2v) is 7.06. The van der Waals surface area contributed by atoms with Crippen LogP contribution in [0.4, 0.5) is 5.82 Å². The fourth-order valence-electron chi connectivity index (χ4n) is 4.02. The third-order valence-corrected chi connectivity index (χ3v) is 5.32. The number of carbonyl (C=O) groups is 1. The number of fused-ring (bicyclic) bond motifs is 1. The second kappa shape index (κ2) is 8.02. The Hall–Kier alpha value is -2.51.